The highest BCUT2D eigenvalue weighted by Gasteiger charge is 2.34. The second-order valence-corrected chi connectivity index (χ2v) is 3.93. The Balaban J connectivity index is 2.83. The lowest BCUT2D eigenvalue weighted by Gasteiger charge is -2.27. The second-order valence-electron chi connectivity index (χ2n) is 3.93. The quantitative estimate of drug-likeness (QED) is 0.756. The van der Waals surface area contributed by atoms with Crippen LogP contribution >= 0.6 is 0 Å². The molecule has 0 aromatic carbocycles. The first-order valence-electron chi connectivity index (χ1n) is 6.40. The molecule has 0 aliphatic carbocycles. The molecule has 0 aliphatic heterocycles. The third-order valence-electron chi connectivity index (χ3n) is 2.96. The van der Waals surface area contributed by atoms with Crippen molar-refractivity contribution in [3.8, 4) is 0 Å². The highest BCUT2D eigenvalue weighted by molar-refractivity contribution is 5.01. The second kappa shape index (κ2) is 6.71. The van der Waals surface area contributed by atoms with Crippen LogP contribution in [-0.4, -0.2) is 23.3 Å². The van der Waals surface area contributed by atoms with Gasteiger partial charge in [-0.05, 0) is 26.3 Å². The molecule has 0 unspecified atom stereocenters. The van der Waals surface area contributed by atoms with Crippen LogP contribution in [-0.2, 0) is 16.9 Å². The average molecular weight is 241 g/mol. The summed E-state index contributed by atoms with van der Waals surface area (Å²) in [5.41, 5.74) is -0.400. The minimum absolute atomic E-state index is 0.400. The van der Waals surface area contributed by atoms with Crippen molar-refractivity contribution in [1.29, 1.82) is 0 Å². The van der Waals surface area contributed by atoms with E-state index in [0.29, 0.717) is 24.9 Å². The van der Waals surface area contributed by atoms with Crippen LogP contribution in [0.1, 0.15) is 52.3 Å². The predicted octanol–water partition coefficient (Wildman–Crippen LogP) is 2.23. The zero-order valence-corrected chi connectivity index (χ0v) is 11.2. The molecule has 5 nitrogen and oxygen atoms in total. The molecular weight excluding hydrogens is 218 g/mol. The summed E-state index contributed by atoms with van der Waals surface area (Å²) >= 11 is 0. The van der Waals surface area contributed by atoms with Gasteiger partial charge < -0.3 is 14.6 Å². The van der Waals surface area contributed by atoms with Crippen molar-refractivity contribution in [1.82, 2.24) is 15.5 Å². The molecule has 98 valence electrons. The third kappa shape index (κ3) is 3.26. The molecule has 1 aromatic rings. The van der Waals surface area contributed by atoms with Gasteiger partial charge in [0, 0.05) is 6.61 Å². The maximum atomic E-state index is 5.83. The smallest absolute Gasteiger partial charge is 0.240 e. The van der Waals surface area contributed by atoms with Gasteiger partial charge in [-0.1, -0.05) is 25.9 Å². The summed E-state index contributed by atoms with van der Waals surface area (Å²) in [7, 11) is 0. The standard InChI is InChI=1S/C12H23N3O2/c1-5-12(6-2,16-8-4)11-14-10(17-15-11)9-13-7-3/h13H,5-9H2,1-4H3. The number of rotatable bonds is 8. The van der Waals surface area contributed by atoms with Crippen LogP contribution in [0.3, 0.4) is 0 Å². The Morgan fingerprint density at radius 2 is 1.94 bits per heavy atom. The molecule has 0 fully saturated rings. The fraction of sp³-hybridized carbons (Fsp3) is 0.833. The monoisotopic (exact) mass is 241 g/mol. The summed E-state index contributed by atoms with van der Waals surface area (Å²) in [5.74, 6) is 1.28. The largest absolute Gasteiger partial charge is 0.367 e. The van der Waals surface area contributed by atoms with E-state index in [4.69, 9.17) is 9.26 Å². The zero-order valence-electron chi connectivity index (χ0n) is 11.2. The van der Waals surface area contributed by atoms with E-state index in [1.807, 2.05) is 13.8 Å². The molecule has 0 amide bonds. The lowest BCUT2D eigenvalue weighted by molar-refractivity contribution is -0.0583. The van der Waals surface area contributed by atoms with E-state index in [1.54, 1.807) is 0 Å². The summed E-state index contributed by atoms with van der Waals surface area (Å²) in [5, 5.41) is 7.21. The molecule has 0 bridgehead atoms. The molecule has 0 radical (unpaired) electrons. The van der Waals surface area contributed by atoms with Crippen molar-refractivity contribution in [3.05, 3.63) is 11.7 Å². The van der Waals surface area contributed by atoms with E-state index in [9.17, 15) is 0 Å². The SMILES string of the molecule is CCNCc1nc(C(CC)(CC)OCC)no1. The Morgan fingerprint density at radius 3 is 2.47 bits per heavy atom. The zero-order chi connectivity index (χ0) is 12.7. The van der Waals surface area contributed by atoms with Crippen molar-refractivity contribution in [2.24, 2.45) is 0 Å². The lowest BCUT2D eigenvalue weighted by Crippen LogP contribution is -2.30. The normalized spacial score (nSPS) is 12.0. The van der Waals surface area contributed by atoms with Gasteiger partial charge in [-0.25, -0.2) is 0 Å². The summed E-state index contributed by atoms with van der Waals surface area (Å²) < 4.78 is 11.0. The Morgan fingerprint density at radius 1 is 1.24 bits per heavy atom. The Labute approximate surface area is 103 Å². The fourth-order valence-electron chi connectivity index (χ4n) is 1.85. The van der Waals surface area contributed by atoms with E-state index in [1.165, 1.54) is 0 Å². The van der Waals surface area contributed by atoms with Crippen molar-refractivity contribution in [2.75, 3.05) is 13.2 Å². The van der Waals surface area contributed by atoms with Crippen molar-refractivity contribution < 1.29 is 9.26 Å². The molecule has 1 rings (SSSR count). The van der Waals surface area contributed by atoms with E-state index in [0.717, 1.165) is 19.4 Å². The van der Waals surface area contributed by atoms with Gasteiger partial charge in [0.2, 0.25) is 11.7 Å². The van der Waals surface area contributed by atoms with Crippen LogP contribution in [0.25, 0.3) is 0 Å². The third-order valence-corrected chi connectivity index (χ3v) is 2.96. The molecule has 5 heteroatoms. The highest BCUT2D eigenvalue weighted by Crippen LogP contribution is 2.30. The Kier molecular flexibility index (Phi) is 5.58. The average Bonchev–Trinajstić information content (AvgIpc) is 2.83. The van der Waals surface area contributed by atoms with Gasteiger partial charge in [0.1, 0.15) is 5.60 Å². The van der Waals surface area contributed by atoms with Crippen molar-refractivity contribution >= 4 is 0 Å². The molecule has 1 aromatic heterocycles. The molecule has 0 spiro atoms. The molecule has 0 atom stereocenters. The van der Waals surface area contributed by atoms with E-state index in [2.05, 4.69) is 29.3 Å². The van der Waals surface area contributed by atoms with Gasteiger partial charge in [-0.2, -0.15) is 4.98 Å². The molecule has 0 aliphatic rings. The summed E-state index contributed by atoms with van der Waals surface area (Å²) in [4.78, 5) is 4.42. The molecule has 0 saturated carbocycles. The van der Waals surface area contributed by atoms with E-state index < -0.39 is 5.60 Å². The number of nitrogens with one attached hydrogen (secondary N) is 1. The van der Waals surface area contributed by atoms with E-state index in [-0.39, 0.29) is 0 Å². The molecule has 0 saturated heterocycles. The van der Waals surface area contributed by atoms with Crippen molar-refractivity contribution in [3.63, 3.8) is 0 Å². The van der Waals surface area contributed by atoms with Crippen LogP contribution in [0.15, 0.2) is 4.52 Å². The molecular formula is C12H23N3O2. The molecule has 1 heterocycles. The molecule has 1 N–H and O–H groups in total. The maximum Gasteiger partial charge on any atom is 0.240 e. The minimum Gasteiger partial charge on any atom is -0.367 e. The summed E-state index contributed by atoms with van der Waals surface area (Å²) in [6.07, 6.45) is 1.69. The molecule has 17 heavy (non-hydrogen) atoms. The number of aromatic nitrogens is 2. The van der Waals surface area contributed by atoms with Crippen molar-refractivity contribution in [2.45, 2.75) is 52.7 Å². The van der Waals surface area contributed by atoms with Crippen LogP contribution < -0.4 is 5.32 Å². The number of hydrogen-bond donors (Lipinski definition) is 1. The number of ether oxygens (including phenoxy) is 1. The summed E-state index contributed by atoms with van der Waals surface area (Å²) in [6.45, 7) is 10.3. The van der Waals surface area contributed by atoms with Crippen LogP contribution in [0, 0.1) is 0 Å². The van der Waals surface area contributed by atoms with Crippen LogP contribution in [0.5, 0.6) is 0 Å². The highest BCUT2D eigenvalue weighted by atomic mass is 16.5. The fourth-order valence-corrected chi connectivity index (χ4v) is 1.85. The van der Waals surface area contributed by atoms with Gasteiger partial charge in [0.15, 0.2) is 0 Å². The minimum atomic E-state index is -0.400. The topological polar surface area (TPSA) is 60.2 Å². The first-order chi connectivity index (χ1) is 8.22. The Hall–Kier alpha value is -0.940. The number of hydrogen-bond acceptors (Lipinski definition) is 5. The lowest BCUT2D eigenvalue weighted by atomic mass is 9.96. The van der Waals surface area contributed by atoms with Gasteiger partial charge in [-0.15, -0.1) is 0 Å². The van der Waals surface area contributed by atoms with Gasteiger partial charge in [0.05, 0.1) is 6.54 Å². The first kappa shape index (κ1) is 14.1. The Bertz CT molecular complexity index is 321. The van der Waals surface area contributed by atoms with E-state index >= 15 is 0 Å². The summed E-state index contributed by atoms with van der Waals surface area (Å²) in [6, 6.07) is 0. The number of nitrogens with zero attached hydrogens (tertiary/aromatic N) is 2. The maximum absolute atomic E-state index is 5.83. The van der Waals surface area contributed by atoms with Gasteiger partial charge >= 0.3 is 0 Å². The first-order valence-corrected chi connectivity index (χ1v) is 6.40. The van der Waals surface area contributed by atoms with Crippen LogP contribution in [0.2, 0.25) is 0 Å². The van der Waals surface area contributed by atoms with Crippen LogP contribution in [0.4, 0.5) is 0 Å². The van der Waals surface area contributed by atoms with Gasteiger partial charge in [-0.3, -0.25) is 0 Å². The van der Waals surface area contributed by atoms with Gasteiger partial charge in [0.25, 0.3) is 0 Å². The predicted molar refractivity (Wildman–Crippen MR) is 65.6 cm³/mol.